The van der Waals surface area contributed by atoms with E-state index in [1.165, 1.54) is 5.39 Å². The van der Waals surface area contributed by atoms with Gasteiger partial charge in [-0.25, -0.2) is 4.98 Å². The van der Waals surface area contributed by atoms with Crippen LogP contribution in [0.2, 0.25) is 0 Å². The van der Waals surface area contributed by atoms with E-state index in [-0.39, 0.29) is 0 Å². The lowest BCUT2D eigenvalue weighted by Gasteiger charge is -1.95. The van der Waals surface area contributed by atoms with Crippen LogP contribution in [0.1, 0.15) is 5.82 Å². The molecule has 4 nitrogen and oxygen atoms in total. The molecule has 18 heavy (non-hydrogen) atoms. The highest BCUT2D eigenvalue weighted by Gasteiger charge is 2.13. The number of imidazole rings is 1. The Morgan fingerprint density at radius 2 is 2.17 bits per heavy atom. The van der Waals surface area contributed by atoms with Gasteiger partial charge in [0.25, 0.3) is 0 Å². The Morgan fingerprint density at radius 3 is 3.00 bits per heavy atom. The fourth-order valence-electron chi connectivity index (χ4n) is 2.09. The van der Waals surface area contributed by atoms with Crippen molar-refractivity contribution in [1.82, 2.24) is 20.3 Å². The minimum absolute atomic E-state index is 0.723. The summed E-state index contributed by atoms with van der Waals surface area (Å²) in [7, 11) is 1.90. The van der Waals surface area contributed by atoms with Gasteiger partial charge in [-0.1, -0.05) is 18.2 Å². The molecule has 0 saturated carbocycles. The number of nitrogens with one attached hydrogen (secondary N) is 3. The van der Waals surface area contributed by atoms with Gasteiger partial charge in [0.1, 0.15) is 16.1 Å². The van der Waals surface area contributed by atoms with Crippen molar-refractivity contribution in [3.05, 3.63) is 40.9 Å². The third-order valence-electron chi connectivity index (χ3n) is 2.90. The maximum Gasteiger partial charge on any atom is 0.121 e. The first-order valence-electron chi connectivity index (χ1n) is 5.75. The fraction of sp³-hybridized carbons (Fsp3) is 0.154. The van der Waals surface area contributed by atoms with Crippen molar-refractivity contribution in [3.63, 3.8) is 0 Å². The minimum Gasteiger partial charge on any atom is -0.360 e. The number of H-pyrrole nitrogens is 2. The number of fused-ring (bicyclic) bond motifs is 1. The average molecular weight is 305 g/mol. The predicted molar refractivity (Wildman–Crippen MR) is 76.3 cm³/mol. The molecular weight excluding hydrogens is 292 g/mol. The summed E-state index contributed by atoms with van der Waals surface area (Å²) in [5, 5.41) is 4.27. The van der Waals surface area contributed by atoms with E-state index in [2.05, 4.69) is 48.3 Å². The molecule has 0 fully saturated rings. The molecule has 1 aromatic carbocycles. The Bertz CT molecular complexity index is 683. The smallest absolute Gasteiger partial charge is 0.121 e. The maximum absolute atomic E-state index is 4.61. The van der Waals surface area contributed by atoms with Gasteiger partial charge < -0.3 is 15.3 Å². The van der Waals surface area contributed by atoms with Gasteiger partial charge in [0.05, 0.1) is 6.54 Å². The van der Waals surface area contributed by atoms with Crippen molar-refractivity contribution < 1.29 is 0 Å². The molecule has 0 saturated heterocycles. The third kappa shape index (κ3) is 1.85. The molecule has 2 aromatic heterocycles. The second-order valence-electron chi connectivity index (χ2n) is 4.12. The minimum atomic E-state index is 0.723. The molecule has 0 aliphatic carbocycles. The molecule has 0 amide bonds. The summed E-state index contributed by atoms with van der Waals surface area (Å²) in [4.78, 5) is 11.1. The maximum atomic E-state index is 4.61. The van der Waals surface area contributed by atoms with Gasteiger partial charge in [0.15, 0.2) is 0 Å². The Balaban J connectivity index is 2.14. The largest absolute Gasteiger partial charge is 0.360 e. The molecule has 0 radical (unpaired) electrons. The Hall–Kier alpha value is -1.59. The summed E-state index contributed by atoms with van der Waals surface area (Å²) >= 11 is 3.53. The number of nitrogens with zero attached hydrogens (tertiary/aromatic N) is 1. The summed E-state index contributed by atoms with van der Waals surface area (Å²) in [6.07, 6.45) is 1.99. The highest BCUT2D eigenvalue weighted by atomic mass is 79.9. The molecule has 3 rings (SSSR count). The van der Waals surface area contributed by atoms with Crippen LogP contribution in [-0.4, -0.2) is 22.0 Å². The molecule has 0 aliphatic rings. The van der Waals surface area contributed by atoms with E-state index in [1.54, 1.807) is 0 Å². The predicted octanol–water partition coefficient (Wildman–Crippen LogP) is 3.04. The number of aromatic nitrogens is 3. The van der Waals surface area contributed by atoms with Gasteiger partial charge in [-0.2, -0.15) is 0 Å². The lowest BCUT2D eigenvalue weighted by Crippen LogP contribution is -2.06. The number of halogens is 1. The van der Waals surface area contributed by atoms with Crippen LogP contribution in [0.5, 0.6) is 0 Å². The topological polar surface area (TPSA) is 56.5 Å². The summed E-state index contributed by atoms with van der Waals surface area (Å²) in [5.41, 5.74) is 3.17. The monoisotopic (exact) mass is 304 g/mol. The van der Waals surface area contributed by atoms with Crippen LogP contribution in [-0.2, 0) is 6.54 Å². The SMILES string of the molecule is CNCc1nc(-c2c[nH]c3ccccc23)c(Br)[nH]1. The van der Waals surface area contributed by atoms with Crippen LogP contribution in [0.25, 0.3) is 22.2 Å². The molecule has 0 bridgehead atoms. The summed E-state index contributed by atoms with van der Waals surface area (Å²) in [6, 6.07) is 8.22. The van der Waals surface area contributed by atoms with Crippen molar-refractivity contribution in [2.75, 3.05) is 7.05 Å². The number of aromatic amines is 2. The standard InChI is InChI=1S/C13H13BrN4/c1-15-7-11-17-12(13(14)18-11)9-6-16-10-5-3-2-4-8(9)10/h2-6,15-16H,7H2,1H3,(H,17,18). The third-order valence-corrected chi connectivity index (χ3v) is 3.47. The molecule has 2 heterocycles. The van der Waals surface area contributed by atoms with Crippen molar-refractivity contribution in [1.29, 1.82) is 0 Å². The molecule has 0 atom stereocenters. The van der Waals surface area contributed by atoms with E-state index < -0.39 is 0 Å². The van der Waals surface area contributed by atoms with Crippen molar-refractivity contribution in [2.24, 2.45) is 0 Å². The van der Waals surface area contributed by atoms with E-state index in [0.717, 1.165) is 33.7 Å². The van der Waals surface area contributed by atoms with E-state index >= 15 is 0 Å². The zero-order valence-electron chi connectivity index (χ0n) is 9.92. The van der Waals surface area contributed by atoms with Crippen LogP contribution < -0.4 is 5.32 Å². The van der Waals surface area contributed by atoms with Crippen molar-refractivity contribution in [3.8, 4) is 11.3 Å². The number of hydrogen-bond donors (Lipinski definition) is 3. The normalized spacial score (nSPS) is 11.2. The number of hydrogen-bond acceptors (Lipinski definition) is 2. The highest BCUT2D eigenvalue weighted by molar-refractivity contribution is 9.10. The second-order valence-corrected chi connectivity index (χ2v) is 4.92. The molecule has 0 spiro atoms. The first-order chi connectivity index (χ1) is 8.79. The molecule has 92 valence electrons. The van der Waals surface area contributed by atoms with Gasteiger partial charge >= 0.3 is 0 Å². The Morgan fingerprint density at radius 1 is 1.33 bits per heavy atom. The number of para-hydroxylation sites is 1. The Labute approximate surface area is 113 Å². The van der Waals surface area contributed by atoms with Crippen LogP contribution in [0.3, 0.4) is 0 Å². The van der Waals surface area contributed by atoms with Crippen molar-refractivity contribution in [2.45, 2.75) is 6.54 Å². The van der Waals surface area contributed by atoms with E-state index in [0.29, 0.717) is 0 Å². The van der Waals surface area contributed by atoms with E-state index in [4.69, 9.17) is 0 Å². The first kappa shape index (κ1) is 11.5. The van der Waals surface area contributed by atoms with Gasteiger partial charge in [-0.05, 0) is 29.0 Å². The van der Waals surface area contributed by atoms with Crippen LogP contribution in [0, 0.1) is 0 Å². The summed E-state index contributed by atoms with van der Waals surface area (Å²) < 4.78 is 0.914. The number of rotatable bonds is 3. The zero-order chi connectivity index (χ0) is 12.5. The Kier molecular flexibility index (Phi) is 2.93. The van der Waals surface area contributed by atoms with E-state index in [9.17, 15) is 0 Å². The summed E-state index contributed by atoms with van der Waals surface area (Å²) in [5.74, 6) is 0.921. The zero-order valence-corrected chi connectivity index (χ0v) is 11.5. The average Bonchev–Trinajstić information content (AvgIpc) is 2.93. The molecule has 0 aliphatic heterocycles. The molecule has 5 heteroatoms. The molecular formula is C13H13BrN4. The first-order valence-corrected chi connectivity index (χ1v) is 6.54. The quantitative estimate of drug-likeness (QED) is 0.696. The van der Waals surface area contributed by atoms with Gasteiger partial charge in [0.2, 0.25) is 0 Å². The lowest BCUT2D eigenvalue weighted by atomic mass is 10.1. The summed E-state index contributed by atoms with van der Waals surface area (Å²) in [6.45, 7) is 0.723. The molecule has 0 unspecified atom stereocenters. The van der Waals surface area contributed by atoms with Gasteiger partial charge in [-0.3, -0.25) is 0 Å². The van der Waals surface area contributed by atoms with Crippen LogP contribution in [0.15, 0.2) is 35.1 Å². The lowest BCUT2D eigenvalue weighted by molar-refractivity contribution is 0.771. The van der Waals surface area contributed by atoms with Crippen LogP contribution >= 0.6 is 15.9 Å². The molecule has 3 aromatic rings. The van der Waals surface area contributed by atoms with Crippen LogP contribution in [0.4, 0.5) is 0 Å². The highest BCUT2D eigenvalue weighted by Crippen LogP contribution is 2.31. The van der Waals surface area contributed by atoms with Gasteiger partial charge in [0, 0.05) is 22.7 Å². The van der Waals surface area contributed by atoms with Crippen molar-refractivity contribution >= 4 is 26.8 Å². The molecule has 3 N–H and O–H groups in total. The fourth-order valence-corrected chi connectivity index (χ4v) is 2.63. The second kappa shape index (κ2) is 4.59. The van der Waals surface area contributed by atoms with Gasteiger partial charge in [-0.15, -0.1) is 0 Å². The van der Waals surface area contributed by atoms with E-state index in [1.807, 2.05) is 25.4 Å². The number of benzene rings is 1.